The van der Waals surface area contributed by atoms with Gasteiger partial charge in [-0.2, -0.15) is 0 Å². The zero-order valence-electron chi connectivity index (χ0n) is 10.6. The number of aliphatic carboxylic acids is 1. The van der Waals surface area contributed by atoms with E-state index in [0.29, 0.717) is 12.1 Å². The van der Waals surface area contributed by atoms with E-state index < -0.39 is 5.97 Å². The molecule has 1 aliphatic rings. The van der Waals surface area contributed by atoms with Crippen molar-refractivity contribution in [1.82, 2.24) is 9.55 Å². The molecule has 1 saturated carbocycles. The smallest absolute Gasteiger partial charge is 0.313 e. The molecule has 0 atom stereocenters. The van der Waals surface area contributed by atoms with Crippen LogP contribution in [0.2, 0.25) is 0 Å². The van der Waals surface area contributed by atoms with Crippen LogP contribution < -0.4 is 0 Å². The summed E-state index contributed by atoms with van der Waals surface area (Å²) in [6, 6.07) is 0.403. The predicted octanol–water partition coefficient (Wildman–Crippen LogP) is 2.11. The van der Waals surface area contributed by atoms with Crippen molar-refractivity contribution < 1.29 is 14.6 Å². The lowest BCUT2D eigenvalue weighted by Crippen LogP contribution is -2.34. The summed E-state index contributed by atoms with van der Waals surface area (Å²) in [5.41, 5.74) is 1.09. The van der Waals surface area contributed by atoms with Gasteiger partial charge in [-0.25, -0.2) is 4.98 Å². The molecule has 0 saturated heterocycles. The summed E-state index contributed by atoms with van der Waals surface area (Å²) in [6.45, 7) is 4.76. The van der Waals surface area contributed by atoms with Crippen LogP contribution in [-0.4, -0.2) is 39.1 Å². The number of aryl methyl sites for hydroxylation is 1. The van der Waals surface area contributed by atoms with E-state index in [0.717, 1.165) is 30.3 Å². The topological polar surface area (TPSA) is 64.4 Å². The monoisotopic (exact) mass is 270 g/mol. The fraction of sp³-hybridized carbons (Fsp3) is 0.667. The fourth-order valence-electron chi connectivity index (χ4n) is 2.22. The van der Waals surface area contributed by atoms with Crippen LogP contribution in [0.1, 0.15) is 31.5 Å². The Morgan fingerprint density at radius 1 is 1.67 bits per heavy atom. The van der Waals surface area contributed by atoms with E-state index in [4.69, 9.17) is 9.84 Å². The quantitative estimate of drug-likeness (QED) is 0.802. The van der Waals surface area contributed by atoms with Gasteiger partial charge in [0.05, 0.1) is 11.9 Å². The summed E-state index contributed by atoms with van der Waals surface area (Å²) in [7, 11) is 0. The first-order chi connectivity index (χ1) is 8.61. The Labute approximate surface area is 111 Å². The minimum Gasteiger partial charge on any atom is -0.481 e. The average molecular weight is 270 g/mol. The molecule has 0 spiro atoms. The van der Waals surface area contributed by atoms with Gasteiger partial charge in [-0.1, -0.05) is 11.8 Å². The third-order valence-electron chi connectivity index (χ3n) is 3.11. The molecule has 2 rings (SSSR count). The van der Waals surface area contributed by atoms with Crippen LogP contribution in [-0.2, 0) is 9.53 Å². The third-order valence-corrected chi connectivity index (χ3v) is 4.06. The van der Waals surface area contributed by atoms with Crippen LogP contribution in [0, 0.1) is 6.92 Å². The Bertz CT molecular complexity index is 427. The number of rotatable bonds is 6. The minimum atomic E-state index is -0.812. The second-order valence-corrected chi connectivity index (χ2v) is 5.38. The SMILES string of the molecule is CCOC1CC(n2c(C)cnc2SCC(=O)O)C1. The zero-order valence-corrected chi connectivity index (χ0v) is 11.4. The van der Waals surface area contributed by atoms with E-state index in [1.807, 2.05) is 13.8 Å². The predicted molar refractivity (Wildman–Crippen MR) is 69.0 cm³/mol. The standard InChI is InChI=1S/C12H18N2O3S/c1-3-17-10-4-9(5-10)14-8(2)6-13-12(14)18-7-11(15)16/h6,9-10H,3-5,7H2,1-2H3,(H,15,16). The number of aromatic nitrogens is 2. The summed E-state index contributed by atoms with van der Waals surface area (Å²) in [5.74, 6) is -0.758. The molecule has 1 heterocycles. The van der Waals surface area contributed by atoms with Crippen molar-refractivity contribution in [3.8, 4) is 0 Å². The van der Waals surface area contributed by atoms with Crippen molar-refractivity contribution in [1.29, 1.82) is 0 Å². The maximum Gasteiger partial charge on any atom is 0.313 e. The van der Waals surface area contributed by atoms with E-state index in [1.54, 1.807) is 6.20 Å². The molecule has 0 aliphatic heterocycles. The van der Waals surface area contributed by atoms with Crippen molar-refractivity contribution in [2.45, 2.75) is 44.0 Å². The summed E-state index contributed by atoms with van der Waals surface area (Å²) >= 11 is 1.28. The molecule has 0 amide bonds. The van der Waals surface area contributed by atoms with Crippen LogP contribution >= 0.6 is 11.8 Å². The highest BCUT2D eigenvalue weighted by atomic mass is 32.2. The first-order valence-corrected chi connectivity index (χ1v) is 7.10. The lowest BCUT2D eigenvalue weighted by atomic mass is 9.89. The van der Waals surface area contributed by atoms with Crippen molar-refractivity contribution in [2.24, 2.45) is 0 Å². The number of imidazole rings is 1. The Hall–Kier alpha value is -1.01. The molecule has 0 bridgehead atoms. The third kappa shape index (κ3) is 2.87. The van der Waals surface area contributed by atoms with Gasteiger partial charge in [0.15, 0.2) is 5.16 Å². The first kappa shape index (κ1) is 13.4. The van der Waals surface area contributed by atoms with Gasteiger partial charge in [0.1, 0.15) is 0 Å². The number of hydrogen-bond donors (Lipinski definition) is 1. The van der Waals surface area contributed by atoms with E-state index in [9.17, 15) is 4.79 Å². The molecule has 1 aliphatic carbocycles. The largest absolute Gasteiger partial charge is 0.481 e. The van der Waals surface area contributed by atoms with Gasteiger partial charge in [0.25, 0.3) is 0 Å². The van der Waals surface area contributed by atoms with Crippen molar-refractivity contribution in [3.05, 3.63) is 11.9 Å². The Kier molecular flexibility index (Phi) is 4.29. The number of hydrogen-bond acceptors (Lipinski definition) is 4. The van der Waals surface area contributed by atoms with Crippen LogP contribution in [0.15, 0.2) is 11.4 Å². The number of ether oxygens (including phenoxy) is 1. The van der Waals surface area contributed by atoms with Crippen molar-refractivity contribution >= 4 is 17.7 Å². The van der Waals surface area contributed by atoms with Crippen molar-refractivity contribution in [3.63, 3.8) is 0 Å². The van der Waals surface area contributed by atoms with Gasteiger partial charge in [-0.3, -0.25) is 4.79 Å². The molecule has 1 fully saturated rings. The molecule has 0 radical (unpaired) electrons. The molecule has 1 aromatic rings. The van der Waals surface area contributed by atoms with Gasteiger partial charge < -0.3 is 14.4 Å². The highest BCUT2D eigenvalue weighted by Crippen LogP contribution is 2.38. The first-order valence-electron chi connectivity index (χ1n) is 6.11. The second kappa shape index (κ2) is 5.75. The van der Waals surface area contributed by atoms with E-state index in [1.165, 1.54) is 11.8 Å². The van der Waals surface area contributed by atoms with Crippen LogP contribution in [0.4, 0.5) is 0 Å². The maximum atomic E-state index is 10.6. The van der Waals surface area contributed by atoms with Gasteiger partial charge >= 0.3 is 5.97 Å². The summed E-state index contributed by atoms with van der Waals surface area (Å²) in [5, 5.41) is 9.52. The minimum absolute atomic E-state index is 0.0536. The zero-order chi connectivity index (χ0) is 13.1. The molecular weight excluding hydrogens is 252 g/mol. The highest BCUT2D eigenvalue weighted by molar-refractivity contribution is 7.99. The Morgan fingerprint density at radius 3 is 3.00 bits per heavy atom. The summed E-state index contributed by atoms with van der Waals surface area (Å²) in [4.78, 5) is 14.9. The number of carboxylic acid groups (broad SMARTS) is 1. The van der Waals surface area contributed by atoms with E-state index in [-0.39, 0.29) is 5.75 Å². The number of nitrogens with zero attached hydrogens (tertiary/aromatic N) is 2. The summed E-state index contributed by atoms with van der Waals surface area (Å²) in [6.07, 6.45) is 4.13. The molecule has 18 heavy (non-hydrogen) atoms. The molecule has 1 aromatic heterocycles. The number of carboxylic acids is 1. The molecule has 0 aromatic carbocycles. The molecule has 6 heteroatoms. The normalized spacial score (nSPS) is 22.8. The number of thioether (sulfide) groups is 1. The van der Waals surface area contributed by atoms with E-state index >= 15 is 0 Å². The molecule has 5 nitrogen and oxygen atoms in total. The van der Waals surface area contributed by atoms with Gasteiger partial charge in [-0.15, -0.1) is 0 Å². The average Bonchev–Trinajstić information content (AvgIpc) is 2.62. The Morgan fingerprint density at radius 2 is 2.39 bits per heavy atom. The number of carbonyl (C=O) groups is 1. The molecule has 0 unspecified atom stereocenters. The lowest BCUT2D eigenvalue weighted by Gasteiger charge is -2.37. The molecule has 1 N–H and O–H groups in total. The van der Waals surface area contributed by atoms with Crippen LogP contribution in [0.3, 0.4) is 0 Å². The molecule has 100 valence electrons. The Balaban J connectivity index is 1.99. The lowest BCUT2D eigenvalue weighted by molar-refractivity contribution is -0.133. The van der Waals surface area contributed by atoms with E-state index in [2.05, 4.69) is 9.55 Å². The highest BCUT2D eigenvalue weighted by Gasteiger charge is 2.33. The van der Waals surface area contributed by atoms with Crippen LogP contribution in [0.25, 0.3) is 0 Å². The van der Waals surface area contributed by atoms with Gasteiger partial charge in [0.2, 0.25) is 0 Å². The maximum absolute atomic E-state index is 10.6. The van der Waals surface area contributed by atoms with Crippen molar-refractivity contribution in [2.75, 3.05) is 12.4 Å². The fourth-order valence-corrected chi connectivity index (χ4v) is 3.03. The van der Waals surface area contributed by atoms with Gasteiger partial charge in [-0.05, 0) is 26.7 Å². The van der Waals surface area contributed by atoms with Gasteiger partial charge in [0, 0.05) is 24.5 Å². The van der Waals surface area contributed by atoms with Crippen LogP contribution in [0.5, 0.6) is 0 Å². The second-order valence-electron chi connectivity index (χ2n) is 4.44. The summed E-state index contributed by atoms with van der Waals surface area (Å²) < 4.78 is 7.69. The molecular formula is C12H18N2O3S.